The van der Waals surface area contributed by atoms with Gasteiger partial charge in [0.1, 0.15) is 17.1 Å². The Kier molecular flexibility index (Phi) is 6.12. The number of nitrogens with zero attached hydrogens (tertiary/aromatic N) is 1. The maximum atomic E-state index is 12.9. The average molecular weight is 392 g/mol. The van der Waals surface area contributed by atoms with Crippen molar-refractivity contribution in [3.05, 3.63) is 65.2 Å². The Hall–Kier alpha value is -3.01. The summed E-state index contributed by atoms with van der Waals surface area (Å²) in [5.74, 6) is 1.17. The van der Waals surface area contributed by atoms with Gasteiger partial charge >= 0.3 is 0 Å². The standard InChI is InChI=1S/C25H29NO3/c1-6-26(7-2)19-11-8-18(9-12-19)10-14-22(27)20-13-15-23(28-5)21-16-17-25(3,4)29-24(20)21/h8-17H,6-7H2,1-5H3/b14-10+. The number of methoxy groups -OCH3 is 1. The van der Waals surface area contributed by atoms with Crippen LogP contribution in [0.1, 0.15) is 49.2 Å². The van der Waals surface area contributed by atoms with Crippen molar-refractivity contribution in [2.45, 2.75) is 33.3 Å². The van der Waals surface area contributed by atoms with Crippen molar-refractivity contribution in [1.82, 2.24) is 0 Å². The third kappa shape index (κ3) is 4.53. The summed E-state index contributed by atoms with van der Waals surface area (Å²) in [7, 11) is 1.62. The Morgan fingerprint density at radius 3 is 2.41 bits per heavy atom. The molecule has 0 bridgehead atoms. The Bertz CT molecular complexity index is 935. The highest BCUT2D eigenvalue weighted by Gasteiger charge is 2.27. The van der Waals surface area contributed by atoms with E-state index in [1.54, 1.807) is 19.3 Å². The smallest absolute Gasteiger partial charge is 0.189 e. The quantitative estimate of drug-likeness (QED) is 0.453. The molecule has 2 aromatic carbocycles. The first-order chi connectivity index (χ1) is 13.9. The van der Waals surface area contributed by atoms with E-state index < -0.39 is 5.60 Å². The first kappa shape index (κ1) is 20.7. The second-order valence-electron chi connectivity index (χ2n) is 7.56. The Labute approximate surface area is 173 Å². The summed E-state index contributed by atoms with van der Waals surface area (Å²) in [5, 5.41) is 0. The number of rotatable bonds is 7. The molecule has 0 saturated carbocycles. The molecule has 152 valence electrons. The zero-order chi connectivity index (χ0) is 21.0. The Balaban J connectivity index is 1.85. The summed E-state index contributed by atoms with van der Waals surface area (Å²) in [4.78, 5) is 15.2. The van der Waals surface area contributed by atoms with Crippen LogP contribution in [0.25, 0.3) is 12.2 Å². The van der Waals surface area contributed by atoms with Crippen molar-refractivity contribution in [3.63, 3.8) is 0 Å². The topological polar surface area (TPSA) is 38.8 Å². The molecule has 0 radical (unpaired) electrons. The minimum absolute atomic E-state index is 0.0946. The van der Waals surface area contributed by atoms with E-state index in [0.29, 0.717) is 17.1 Å². The predicted octanol–water partition coefficient (Wildman–Crippen LogP) is 5.62. The molecule has 2 aromatic rings. The number of fused-ring (bicyclic) bond motifs is 1. The van der Waals surface area contributed by atoms with E-state index >= 15 is 0 Å². The fraction of sp³-hybridized carbons (Fsp3) is 0.320. The number of benzene rings is 2. The largest absolute Gasteiger partial charge is 0.496 e. The van der Waals surface area contributed by atoms with Gasteiger partial charge in [-0.05, 0) is 75.8 Å². The second-order valence-corrected chi connectivity index (χ2v) is 7.56. The van der Waals surface area contributed by atoms with Crippen LogP contribution in [-0.4, -0.2) is 31.6 Å². The van der Waals surface area contributed by atoms with Gasteiger partial charge < -0.3 is 14.4 Å². The van der Waals surface area contributed by atoms with Crippen LogP contribution in [-0.2, 0) is 0 Å². The van der Waals surface area contributed by atoms with Crippen molar-refractivity contribution in [1.29, 1.82) is 0 Å². The lowest BCUT2D eigenvalue weighted by molar-refractivity contribution is 0.103. The molecule has 0 amide bonds. The monoisotopic (exact) mass is 391 g/mol. The van der Waals surface area contributed by atoms with Gasteiger partial charge in [0.25, 0.3) is 0 Å². The lowest BCUT2D eigenvalue weighted by Gasteiger charge is -2.29. The molecule has 0 unspecified atom stereocenters. The zero-order valence-corrected chi connectivity index (χ0v) is 17.9. The number of anilines is 1. The van der Waals surface area contributed by atoms with E-state index in [1.165, 1.54) is 5.69 Å². The Morgan fingerprint density at radius 2 is 1.79 bits per heavy atom. The van der Waals surface area contributed by atoms with Crippen molar-refractivity contribution >= 4 is 23.6 Å². The SMILES string of the molecule is CCN(CC)c1ccc(/C=C/C(=O)c2ccc(OC)c3c2OC(C)(C)C=C3)cc1. The maximum absolute atomic E-state index is 12.9. The van der Waals surface area contributed by atoms with E-state index in [2.05, 4.69) is 30.9 Å². The normalized spacial score (nSPS) is 14.4. The highest BCUT2D eigenvalue weighted by molar-refractivity contribution is 6.09. The highest BCUT2D eigenvalue weighted by atomic mass is 16.5. The van der Waals surface area contributed by atoms with Crippen LogP contribution in [0.4, 0.5) is 5.69 Å². The zero-order valence-electron chi connectivity index (χ0n) is 17.9. The molecule has 4 heteroatoms. The molecule has 0 fully saturated rings. The molecule has 0 spiro atoms. The first-order valence-electron chi connectivity index (χ1n) is 10.0. The summed E-state index contributed by atoms with van der Waals surface area (Å²) in [6.45, 7) is 10.2. The van der Waals surface area contributed by atoms with Gasteiger partial charge in [0.2, 0.25) is 0 Å². The predicted molar refractivity (Wildman–Crippen MR) is 120 cm³/mol. The summed E-state index contributed by atoms with van der Waals surface area (Å²) >= 11 is 0. The number of carbonyl (C=O) groups excluding carboxylic acids is 1. The van der Waals surface area contributed by atoms with Crippen molar-refractivity contribution < 1.29 is 14.3 Å². The average Bonchev–Trinajstić information content (AvgIpc) is 2.72. The molecule has 4 nitrogen and oxygen atoms in total. The summed E-state index contributed by atoms with van der Waals surface area (Å²) in [5.41, 5.74) is 3.03. The molecule has 0 saturated heterocycles. The van der Waals surface area contributed by atoms with E-state index in [1.807, 2.05) is 50.3 Å². The molecule has 0 atom stereocenters. The van der Waals surface area contributed by atoms with Gasteiger partial charge in [-0.1, -0.05) is 18.2 Å². The number of hydrogen-bond acceptors (Lipinski definition) is 4. The van der Waals surface area contributed by atoms with E-state index in [4.69, 9.17) is 9.47 Å². The van der Waals surface area contributed by atoms with Gasteiger partial charge in [0.15, 0.2) is 5.78 Å². The molecule has 0 aromatic heterocycles. The number of hydrogen-bond donors (Lipinski definition) is 0. The fourth-order valence-electron chi connectivity index (χ4n) is 3.45. The minimum atomic E-state index is -0.474. The van der Waals surface area contributed by atoms with E-state index in [0.717, 1.165) is 24.2 Å². The maximum Gasteiger partial charge on any atom is 0.189 e. The molecule has 3 rings (SSSR count). The second kappa shape index (κ2) is 8.56. The van der Waals surface area contributed by atoms with Crippen LogP contribution in [0.15, 0.2) is 48.6 Å². The summed E-state index contributed by atoms with van der Waals surface area (Å²) < 4.78 is 11.5. The molecule has 1 aliphatic heterocycles. The Morgan fingerprint density at radius 1 is 1.10 bits per heavy atom. The molecular weight excluding hydrogens is 362 g/mol. The van der Waals surface area contributed by atoms with Gasteiger partial charge in [-0.25, -0.2) is 0 Å². The molecular formula is C25H29NO3. The van der Waals surface area contributed by atoms with Crippen molar-refractivity contribution in [3.8, 4) is 11.5 Å². The number of ketones is 1. The fourth-order valence-corrected chi connectivity index (χ4v) is 3.45. The van der Waals surface area contributed by atoms with Gasteiger partial charge in [-0.3, -0.25) is 4.79 Å². The highest BCUT2D eigenvalue weighted by Crippen LogP contribution is 2.39. The van der Waals surface area contributed by atoms with Crippen LogP contribution in [0, 0.1) is 0 Å². The van der Waals surface area contributed by atoms with E-state index in [-0.39, 0.29) is 5.78 Å². The lowest BCUT2D eigenvalue weighted by Crippen LogP contribution is -2.28. The van der Waals surface area contributed by atoms with Crippen LogP contribution >= 0.6 is 0 Å². The van der Waals surface area contributed by atoms with Crippen molar-refractivity contribution in [2.75, 3.05) is 25.1 Å². The van der Waals surface area contributed by atoms with Crippen LogP contribution in [0.3, 0.4) is 0 Å². The van der Waals surface area contributed by atoms with Gasteiger partial charge in [0.05, 0.1) is 18.2 Å². The van der Waals surface area contributed by atoms with Crippen LogP contribution in [0.5, 0.6) is 11.5 Å². The first-order valence-corrected chi connectivity index (χ1v) is 10.0. The molecule has 0 N–H and O–H groups in total. The van der Waals surface area contributed by atoms with Gasteiger partial charge in [-0.15, -0.1) is 0 Å². The molecule has 29 heavy (non-hydrogen) atoms. The number of carbonyl (C=O) groups is 1. The van der Waals surface area contributed by atoms with Gasteiger partial charge in [0, 0.05) is 18.8 Å². The molecule has 1 heterocycles. The molecule has 1 aliphatic rings. The summed E-state index contributed by atoms with van der Waals surface area (Å²) in [6, 6.07) is 11.8. The minimum Gasteiger partial charge on any atom is -0.496 e. The van der Waals surface area contributed by atoms with E-state index in [9.17, 15) is 4.79 Å². The lowest BCUT2D eigenvalue weighted by atomic mass is 9.97. The van der Waals surface area contributed by atoms with Crippen LogP contribution in [0.2, 0.25) is 0 Å². The number of allylic oxidation sites excluding steroid dienone is 1. The third-order valence-electron chi connectivity index (χ3n) is 5.11. The van der Waals surface area contributed by atoms with Gasteiger partial charge in [-0.2, -0.15) is 0 Å². The number of ether oxygens (including phenoxy) is 2. The third-order valence-corrected chi connectivity index (χ3v) is 5.11. The van der Waals surface area contributed by atoms with Crippen LogP contribution < -0.4 is 14.4 Å². The molecule has 0 aliphatic carbocycles. The van der Waals surface area contributed by atoms with Crippen molar-refractivity contribution in [2.24, 2.45) is 0 Å². The summed E-state index contributed by atoms with van der Waals surface area (Å²) in [6.07, 6.45) is 7.38.